The van der Waals surface area contributed by atoms with Gasteiger partial charge in [-0.15, -0.1) is 5.92 Å². The number of carboxylic acids is 2. The van der Waals surface area contributed by atoms with Crippen LogP contribution in [-0.2, 0) is 16.0 Å². The first-order valence-electron chi connectivity index (χ1n) is 11.6. The lowest BCUT2D eigenvalue weighted by Gasteiger charge is -2.17. The first-order valence-corrected chi connectivity index (χ1v) is 11.6. The van der Waals surface area contributed by atoms with Crippen LogP contribution < -0.4 is 5.32 Å². The molecule has 0 fully saturated rings. The predicted octanol–water partition coefficient (Wildman–Crippen LogP) is 5.59. The van der Waals surface area contributed by atoms with Crippen LogP contribution >= 0.6 is 0 Å². The van der Waals surface area contributed by atoms with E-state index in [-0.39, 0.29) is 12.5 Å². The maximum Gasteiger partial charge on any atom is 0.321 e. The van der Waals surface area contributed by atoms with Crippen LogP contribution in [0.3, 0.4) is 0 Å². The number of aliphatic carboxylic acids is 2. The molecule has 0 aromatic heterocycles. The molecule has 0 saturated carbocycles. The topological polar surface area (TPSA) is 86.6 Å². The normalized spacial score (nSPS) is 12.1. The minimum absolute atomic E-state index is 0.159. The third-order valence-electron chi connectivity index (χ3n) is 5.81. The van der Waals surface area contributed by atoms with Crippen molar-refractivity contribution in [3.05, 3.63) is 35.4 Å². The van der Waals surface area contributed by atoms with Crippen LogP contribution in [0, 0.1) is 17.3 Å². The number of nitrogens with one attached hydrogen (secondary N) is 1. The van der Waals surface area contributed by atoms with Crippen molar-refractivity contribution in [1.82, 2.24) is 5.32 Å². The highest BCUT2D eigenvalue weighted by Crippen LogP contribution is 2.21. The quantitative estimate of drug-likeness (QED) is 0.192. The Labute approximate surface area is 187 Å². The number of carbonyl (C=O) groups is 2. The highest BCUT2D eigenvalue weighted by Gasteiger charge is 2.40. The Balaban J connectivity index is 2.44. The second-order valence-electron chi connectivity index (χ2n) is 8.43. The summed E-state index contributed by atoms with van der Waals surface area (Å²) in [4.78, 5) is 22.3. The minimum Gasteiger partial charge on any atom is -0.480 e. The zero-order valence-electron chi connectivity index (χ0n) is 19.4. The third kappa shape index (κ3) is 9.57. The minimum atomic E-state index is -1.87. The SMILES string of the molecule is CCCCCCCCCc1ccc(C(CC)NCC#CCC(C)(C(=O)O)C(=O)O)cc1. The lowest BCUT2D eigenvalue weighted by Crippen LogP contribution is -2.35. The second kappa shape index (κ2) is 14.6. The number of carboxylic acid groups (broad SMARTS) is 2. The molecule has 0 aliphatic carbocycles. The van der Waals surface area contributed by atoms with Gasteiger partial charge in [-0.25, -0.2) is 0 Å². The summed E-state index contributed by atoms with van der Waals surface area (Å²) in [6.07, 6.45) is 11.0. The summed E-state index contributed by atoms with van der Waals surface area (Å²) in [6.45, 7) is 5.91. The van der Waals surface area contributed by atoms with Crippen LogP contribution in [0.2, 0.25) is 0 Å². The van der Waals surface area contributed by atoms with Gasteiger partial charge in [0.2, 0.25) is 0 Å². The number of aryl methyl sites for hydroxylation is 1. The molecule has 0 saturated heterocycles. The van der Waals surface area contributed by atoms with E-state index in [2.05, 4.69) is 55.3 Å². The number of hydrogen-bond donors (Lipinski definition) is 3. The molecule has 3 N–H and O–H groups in total. The highest BCUT2D eigenvalue weighted by atomic mass is 16.4. The fourth-order valence-electron chi connectivity index (χ4n) is 3.42. The molecule has 0 amide bonds. The van der Waals surface area contributed by atoms with E-state index < -0.39 is 17.4 Å². The molecule has 1 aromatic rings. The zero-order chi connectivity index (χ0) is 23.1. The zero-order valence-corrected chi connectivity index (χ0v) is 19.4. The molecular weight excluding hydrogens is 390 g/mol. The summed E-state index contributed by atoms with van der Waals surface area (Å²) < 4.78 is 0. The molecule has 0 radical (unpaired) electrons. The van der Waals surface area contributed by atoms with Crippen LogP contribution in [0.15, 0.2) is 24.3 Å². The van der Waals surface area contributed by atoms with E-state index in [0.717, 1.165) is 12.8 Å². The molecule has 1 unspecified atom stereocenters. The smallest absolute Gasteiger partial charge is 0.321 e. The molecule has 0 aliphatic rings. The lowest BCUT2D eigenvalue weighted by molar-refractivity contribution is -0.162. The molecule has 0 spiro atoms. The van der Waals surface area contributed by atoms with Crippen LogP contribution in [-0.4, -0.2) is 28.7 Å². The van der Waals surface area contributed by atoms with Crippen LogP contribution in [0.5, 0.6) is 0 Å². The molecule has 5 heteroatoms. The van der Waals surface area contributed by atoms with E-state index in [1.54, 1.807) is 0 Å². The third-order valence-corrected chi connectivity index (χ3v) is 5.81. The average molecular weight is 430 g/mol. The second-order valence-corrected chi connectivity index (χ2v) is 8.43. The van der Waals surface area contributed by atoms with Gasteiger partial charge < -0.3 is 10.2 Å². The first-order chi connectivity index (χ1) is 14.8. The van der Waals surface area contributed by atoms with Crippen molar-refractivity contribution in [3.63, 3.8) is 0 Å². The van der Waals surface area contributed by atoms with E-state index in [4.69, 9.17) is 10.2 Å². The Morgan fingerprint density at radius 1 is 0.935 bits per heavy atom. The largest absolute Gasteiger partial charge is 0.480 e. The number of rotatable bonds is 15. The average Bonchev–Trinajstić information content (AvgIpc) is 2.75. The van der Waals surface area contributed by atoms with Crippen molar-refractivity contribution in [3.8, 4) is 11.8 Å². The molecule has 172 valence electrons. The van der Waals surface area contributed by atoms with Gasteiger partial charge >= 0.3 is 11.9 Å². The fraction of sp³-hybridized carbons (Fsp3) is 0.615. The Morgan fingerprint density at radius 2 is 1.52 bits per heavy atom. The summed E-state index contributed by atoms with van der Waals surface area (Å²) in [5.41, 5.74) is 0.699. The van der Waals surface area contributed by atoms with Gasteiger partial charge in [-0.2, -0.15) is 0 Å². The van der Waals surface area contributed by atoms with Crippen molar-refractivity contribution in [1.29, 1.82) is 0 Å². The fourth-order valence-corrected chi connectivity index (χ4v) is 3.42. The van der Waals surface area contributed by atoms with E-state index in [1.807, 2.05) is 0 Å². The molecule has 1 aromatic carbocycles. The summed E-state index contributed by atoms with van der Waals surface area (Å²) in [5, 5.41) is 21.6. The van der Waals surface area contributed by atoms with E-state index >= 15 is 0 Å². The molecule has 0 heterocycles. The monoisotopic (exact) mass is 429 g/mol. The van der Waals surface area contributed by atoms with Gasteiger partial charge in [-0.3, -0.25) is 14.9 Å². The molecule has 0 bridgehead atoms. The molecule has 1 rings (SSSR count). The molecular formula is C26H39NO4. The summed E-state index contributed by atoms with van der Waals surface area (Å²) in [7, 11) is 0. The van der Waals surface area contributed by atoms with Gasteiger partial charge in [0.1, 0.15) is 0 Å². The summed E-state index contributed by atoms with van der Waals surface area (Å²) >= 11 is 0. The Bertz CT molecular complexity index is 716. The molecule has 1 atom stereocenters. The van der Waals surface area contributed by atoms with Crippen LogP contribution in [0.4, 0.5) is 0 Å². The standard InChI is InChI=1S/C26H39NO4/c1-4-6-7-8-9-10-11-14-21-15-17-22(18-16-21)23(5-2)27-20-13-12-19-26(3,24(28)29)25(30)31/h15-18,23,27H,4-11,14,19-20H2,1-3H3,(H,28,29)(H,30,31). The van der Waals surface area contributed by atoms with E-state index in [1.165, 1.54) is 63.0 Å². The number of benzene rings is 1. The van der Waals surface area contributed by atoms with Gasteiger partial charge in [-0.05, 0) is 37.3 Å². The number of unbranched alkanes of at least 4 members (excludes halogenated alkanes) is 6. The Kier molecular flexibility index (Phi) is 12.6. The van der Waals surface area contributed by atoms with Gasteiger partial charge in [0.25, 0.3) is 0 Å². The molecule has 5 nitrogen and oxygen atoms in total. The first kappa shape index (κ1) is 26.7. The summed E-state index contributed by atoms with van der Waals surface area (Å²) in [6, 6.07) is 8.89. The van der Waals surface area contributed by atoms with Crippen molar-refractivity contribution in [2.24, 2.45) is 5.41 Å². The van der Waals surface area contributed by atoms with Gasteiger partial charge in [0.05, 0.1) is 6.54 Å². The van der Waals surface area contributed by atoms with E-state index in [9.17, 15) is 9.59 Å². The maximum absolute atomic E-state index is 11.2. The number of hydrogen-bond acceptors (Lipinski definition) is 3. The van der Waals surface area contributed by atoms with Crippen molar-refractivity contribution in [2.45, 2.75) is 91.0 Å². The van der Waals surface area contributed by atoms with E-state index in [0.29, 0.717) is 6.54 Å². The highest BCUT2D eigenvalue weighted by molar-refractivity contribution is 5.98. The Hall–Kier alpha value is -2.32. The molecule has 31 heavy (non-hydrogen) atoms. The maximum atomic E-state index is 11.2. The van der Waals surface area contributed by atoms with Gasteiger partial charge in [-0.1, -0.05) is 82.6 Å². The lowest BCUT2D eigenvalue weighted by atomic mass is 9.87. The van der Waals surface area contributed by atoms with Crippen molar-refractivity contribution in [2.75, 3.05) is 6.54 Å². The summed E-state index contributed by atoms with van der Waals surface area (Å²) in [5.74, 6) is 2.82. The van der Waals surface area contributed by atoms with Gasteiger partial charge in [0.15, 0.2) is 5.41 Å². The van der Waals surface area contributed by atoms with Gasteiger partial charge in [0, 0.05) is 12.5 Å². The van der Waals surface area contributed by atoms with Crippen LogP contribution in [0.25, 0.3) is 0 Å². The Morgan fingerprint density at radius 3 is 2.06 bits per heavy atom. The predicted molar refractivity (Wildman–Crippen MR) is 125 cm³/mol. The van der Waals surface area contributed by atoms with Crippen LogP contribution in [0.1, 0.15) is 95.7 Å². The molecule has 0 aliphatic heterocycles. The van der Waals surface area contributed by atoms with Crippen molar-refractivity contribution < 1.29 is 19.8 Å². The van der Waals surface area contributed by atoms with Crippen molar-refractivity contribution >= 4 is 11.9 Å².